The summed E-state index contributed by atoms with van der Waals surface area (Å²) in [5.74, 6) is -3.39. The number of nitriles is 1. The summed E-state index contributed by atoms with van der Waals surface area (Å²) in [4.78, 5) is 35.0. The van der Waals surface area contributed by atoms with E-state index in [0.29, 0.717) is 5.56 Å². The van der Waals surface area contributed by atoms with Crippen LogP contribution in [0.15, 0.2) is 24.3 Å². The van der Waals surface area contributed by atoms with Crippen LogP contribution in [0.4, 0.5) is 4.39 Å². The Morgan fingerprint density at radius 2 is 1.80 bits per heavy atom. The maximum atomic E-state index is 13.0. The molecule has 0 bridgehead atoms. The molecule has 2 amide bonds. The van der Waals surface area contributed by atoms with E-state index in [-0.39, 0.29) is 12.8 Å². The summed E-state index contributed by atoms with van der Waals surface area (Å²) in [6, 6.07) is 5.06. The molecule has 25 heavy (non-hydrogen) atoms. The van der Waals surface area contributed by atoms with Crippen LogP contribution in [0, 0.1) is 23.1 Å². The van der Waals surface area contributed by atoms with Gasteiger partial charge in [-0.3, -0.25) is 9.59 Å². The van der Waals surface area contributed by atoms with Crippen molar-refractivity contribution in [3.05, 3.63) is 35.6 Å². The Balaban J connectivity index is 2.87. The van der Waals surface area contributed by atoms with Crippen molar-refractivity contribution in [2.75, 3.05) is 0 Å². The topological polar surface area (TPSA) is 119 Å². The molecule has 0 spiro atoms. The highest BCUT2D eigenvalue weighted by Gasteiger charge is 2.27. The average Bonchev–Trinajstić information content (AvgIpc) is 2.54. The smallest absolute Gasteiger partial charge is 0.326 e. The summed E-state index contributed by atoms with van der Waals surface area (Å²) in [6.45, 7) is 2.78. The molecule has 0 aliphatic rings. The molecule has 0 aliphatic heterocycles. The van der Waals surface area contributed by atoms with Gasteiger partial charge in [0.2, 0.25) is 11.8 Å². The van der Waals surface area contributed by atoms with Crippen LogP contribution in [0.5, 0.6) is 0 Å². The summed E-state index contributed by atoms with van der Waals surface area (Å²) in [5, 5.41) is 22.8. The molecule has 1 aromatic carbocycles. The molecule has 0 fully saturated rings. The normalized spacial score (nSPS) is 13.8. The maximum Gasteiger partial charge on any atom is 0.326 e. The number of halogens is 1. The Bertz CT molecular complexity index is 669. The lowest BCUT2D eigenvalue weighted by Gasteiger charge is -2.21. The molecule has 8 heteroatoms. The van der Waals surface area contributed by atoms with Crippen molar-refractivity contribution in [2.45, 2.75) is 38.8 Å². The van der Waals surface area contributed by atoms with Gasteiger partial charge >= 0.3 is 5.97 Å². The minimum absolute atomic E-state index is 0.0546. The monoisotopic (exact) mass is 349 g/mol. The second-order valence-electron chi connectivity index (χ2n) is 5.75. The molecule has 0 unspecified atom stereocenters. The van der Waals surface area contributed by atoms with Gasteiger partial charge in [0.25, 0.3) is 0 Å². The van der Waals surface area contributed by atoms with Crippen molar-refractivity contribution >= 4 is 17.8 Å². The molecule has 0 heterocycles. The third-order valence-corrected chi connectivity index (χ3v) is 3.47. The summed E-state index contributed by atoms with van der Waals surface area (Å²) < 4.78 is 13.0. The molecule has 134 valence electrons. The van der Waals surface area contributed by atoms with Crippen LogP contribution in [0.2, 0.25) is 0 Å². The number of hydrogen-bond donors (Lipinski definition) is 3. The highest BCUT2D eigenvalue weighted by Crippen LogP contribution is 2.09. The molecule has 0 saturated carbocycles. The van der Waals surface area contributed by atoms with Gasteiger partial charge in [-0.05, 0) is 31.0 Å². The van der Waals surface area contributed by atoms with E-state index in [1.54, 1.807) is 6.92 Å². The summed E-state index contributed by atoms with van der Waals surface area (Å²) in [6.07, 6.45) is 0.0206. The Labute approximate surface area is 144 Å². The third kappa shape index (κ3) is 6.99. The Kier molecular flexibility index (Phi) is 7.53. The van der Waals surface area contributed by atoms with E-state index in [1.165, 1.54) is 31.2 Å². The largest absolute Gasteiger partial charge is 0.480 e. The lowest BCUT2D eigenvalue weighted by molar-refractivity contribution is -0.142. The molecule has 3 N–H and O–H groups in total. The standard InChI is InChI=1S/C17H20FN3O4/c1-10(9-19)7-15(17(24)25)21-16(23)14(20-11(2)22)8-12-3-5-13(18)6-4-12/h3-6,10,14-15H,7-8H2,1-2H3,(H,20,22)(H,21,23)(H,24,25)/t10-,14-,15-/m0/s1. The van der Waals surface area contributed by atoms with Gasteiger partial charge in [-0.2, -0.15) is 5.26 Å². The van der Waals surface area contributed by atoms with E-state index in [9.17, 15) is 23.9 Å². The zero-order valence-electron chi connectivity index (χ0n) is 14.0. The number of rotatable bonds is 8. The number of hydrogen-bond acceptors (Lipinski definition) is 4. The van der Waals surface area contributed by atoms with Crippen molar-refractivity contribution in [1.29, 1.82) is 5.26 Å². The van der Waals surface area contributed by atoms with Crippen molar-refractivity contribution in [3.8, 4) is 6.07 Å². The fourth-order valence-corrected chi connectivity index (χ4v) is 2.21. The van der Waals surface area contributed by atoms with E-state index in [0.717, 1.165) is 0 Å². The summed E-state index contributed by atoms with van der Waals surface area (Å²) in [7, 11) is 0. The first-order valence-corrected chi connectivity index (χ1v) is 7.67. The van der Waals surface area contributed by atoms with Crippen LogP contribution in [0.25, 0.3) is 0 Å². The number of carboxylic acid groups (broad SMARTS) is 1. The number of nitrogens with zero attached hydrogens (tertiary/aromatic N) is 1. The predicted molar refractivity (Wildman–Crippen MR) is 86.7 cm³/mol. The molecular formula is C17H20FN3O4. The van der Waals surface area contributed by atoms with Crippen LogP contribution < -0.4 is 10.6 Å². The molecule has 0 aliphatic carbocycles. The van der Waals surface area contributed by atoms with Crippen molar-refractivity contribution < 1.29 is 23.9 Å². The van der Waals surface area contributed by atoms with Gasteiger partial charge in [0.15, 0.2) is 0 Å². The van der Waals surface area contributed by atoms with Gasteiger partial charge in [-0.15, -0.1) is 0 Å². The molecule has 1 aromatic rings. The molecule has 3 atom stereocenters. The van der Waals surface area contributed by atoms with Crippen LogP contribution in [0.3, 0.4) is 0 Å². The zero-order chi connectivity index (χ0) is 19.0. The number of nitrogens with one attached hydrogen (secondary N) is 2. The van der Waals surface area contributed by atoms with Crippen molar-refractivity contribution in [1.82, 2.24) is 10.6 Å². The third-order valence-electron chi connectivity index (χ3n) is 3.47. The van der Waals surface area contributed by atoms with Crippen LogP contribution in [-0.4, -0.2) is 35.0 Å². The van der Waals surface area contributed by atoms with E-state index >= 15 is 0 Å². The van der Waals surface area contributed by atoms with Gasteiger partial charge < -0.3 is 15.7 Å². The Morgan fingerprint density at radius 3 is 2.28 bits per heavy atom. The second-order valence-corrected chi connectivity index (χ2v) is 5.75. The molecule has 0 saturated heterocycles. The fraction of sp³-hybridized carbons (Fsp3) is 0.412. The van der Waals surface area contributed by atoms with Crippen LogP contribution in [-0.2, 0) is 20.8 Å². The molecule has 1 rings (SSSR count). The average molecular weight is 349 g/mol. The van der Waals surface area contributed by atoms with E-state index in [2.05, 4.69) is 10.6 Å². The number of carbonyl (C=O) groups excluding carboxylic acids is 2. The summed E-state index contributed by atoms with van der Waals surface area (Å²) >= 11 is 0. The predicted octanol–water partition coefficient (Wildman–Crippen LogP) is 0.992. The molecule has 0 radical (unpaired) electrons. The second kappa shape index (κ2) is 9.37. The Morgan fingerprint density at radius 1 is 1.20 bits per heavy atom. The number of amides is 2. The maximum absolute atomic E-state index is 13.0. The first kappa shape index (κ1) is 20.1. The van der Waals surface area contributed by atoms with Gasteiger partial charge in [-0.25, -0.2) is 9.18 Å². The van der Waals surface area contributed by atoms with Gasteiger partial charge in [-0.1, -0.05) is 12.1 Å². The molecule has 0 aromatic heterocycles. The lowest BCUT2D eigenvalue weighted by atomic mass is 10.0. The van der Waals surface area contributed by atoms with E-state index < -0.39 is 41.6 Å². The molecule has 7 nitrogen and oxygen atoms in total. The quantitative estimate of drug-likeness (QED) is 0.647. The van der Waals surface area contributed by atoms with Gasteiger partial charge in [0, 0.05) is 19.3 Å². The SMILES string of the molecule is CC(=O)N[C@@H](Cc1ccc(F)cc1)C(=O)N[C@@H](C[C@H](C)C#N)C(=O)O. The van der Waals surface area contributed by atoms with Crippen molar-refractivity contribution in [2.24, 2.45) is 5.92 Å². The first-order chi connectivity index (χ1) is 11.7. The number of benzene rings is 1. The van der Waals surface area contributed by atoms with Gasteiger partial charge in [0.05, 0.1) is 6.07 Å². The first-order valence-electron chi connectivity index (χ1n) is 7.67. The molecular weight excluding hydrogens is 329 g/mol. The Hall–Kier alpha value is -2.95. The van der Waals surface area contributed by atoms with Crippen LogP contribution in [0.1, 0.15) is 25.8 Å². The minimum atomic E-state index is -1.26. The number of carbonyl (C=O) groups is 3. The van der Waals surface area contributed by atoms with E-state index in [1.807, 2.05) is 6.07 Å². The van der Waals surface area contributed by atoms with E-state index in [4.69, 9.17) is 5.26 Å². The van der Waals surface area contributed by atoms with Gasteiger partial charge in [0.1, 0.15) is 17.9 Å². The number of aliphatic carboxylic acids is 1. The highest BCUT2D eigenvalue weighted by molar-refractivity contribution is 5.90. The highest BCUT2D eigenvalue weighted by atomic mass is 19.1. The lowest BCUT2D eigenvalue weighted by Crippen LogP contribution is -2.52. The summed E-state index contributed by atoms with van der Waals surface area (Å²) in [5.41, 5.74) is 0.604. The van der Waals surface area contributed by atoms with Crippen molar-refractivity contribution in [3.63, 3.8) is 0 Å². The van der Waals surface area contributed by atoms with Crippen LogP contribution >= 0.6 is 0 Å². The fourth-order valence-electron chi connectivity index (χ4n) is 2.21. The minimum Gasteiger partial charge on any atom is -0.480 e. The zero-order valence-corrected chi connectivity index (χ0v) is 14.0. The number of carboxylic acids is 1.